The van der Waals surface area contributed by atoms with E-state index in [0.717, 1.165) is 17.5 Å². The molecule has 0 heterocycles. The number of hydrogen-bond acceptors (Lipinski definition) is 4. The smallest absolute Gasteiger partial charge is 0.257 e. The van der Waals surface area contributed by atoms with Gasteiger partial charge in [-0.2, -0.15) is 0 Å². The van der Waals surface area contributed by atoms with Gasteiger partial charge in [-0.25, -0.2) is 0 Å². The van der Waals surface area contributed by atoms with Gasteiger partial charge in [0, 0.05) is 11.6 Å². The summed E-state index contributed by atoms with van der Waals surface area (Å²) in [6, 6.07) is 11.1. The highest BCUT2D eigenvalue weighted by atomic mass is 35.5. The fraction of sp³-hybridized carbons (Fsp3) is 0.350. The summed E-state index contributed by atoms with van der Waals surface area (Å²) in [6.45, 7) is 2.50. The molecule has 6 heteroatoms. The minimum absolute atomic E-state index is 0.0310. The molecule has 0 atom stereocenters. The maximum Gasteiger partial charge on any atom is 0.257 e. The second kappa shape index (κ2) is 9.92. The van der Waals surface area contributed by atoms with E-state index in [9.17, 15) is 4.79 Å². The molecule has 0 saturated carbocycles. The number of hydrogen-bond donors (Lipinski definition) is 1. The summed E-state index contributed by atoms with van der Waals surface area (Å²) in [5, 5.41) is 3.55. The van der Waals surface area contributed by atoms with Crippen molar-refractivity contribution in [2.45, 2.75) is 19.8 Å². The van der Waals surface area contributed by atoms with Gasteiger partial charge in [-0.3, -0.25) is 4.79 Å². The molecule has 0 radical (unpaired) electrons. The average Bonchev–Trinajstić information content (AvgIpc) is 2.67. The predicted molar refractivity (Wildman–Crippen MR) is 103 cm³/mol. The summed E-state index contributed by atoms with van der Waals surface area (Å²) in [4.78, 5) is 11.9. The first kappa shape index (κ1) is 19.9. The second-order valence-electron chi connectivity index (χ2n) is 5.68. The Hall–Kier alpha value is -2.40. The number of ether oxygens (including phenoxy) is 3. The van der Waals surface area contributed by atoms with Gasteiger partial charge < -0.3 is 19.5 Å². The second-order valence-corrected chi connectivity index (χ2v) is 6.09. The van der Waals surface area contributed by atoms with Crippen molar-refractivity contribution in [3.63, 3.8) is 0 Å². The summed E-state index contributed by atoms with van der Waals surface area (Å²) in [5.74, 6) is 1.83. The van der Waals surface area contributed by atoms with Gasteiger partial charge in [0.25, 0.3) is 5.91 Å². The maximum atomic E-state index is 11.9. The van der Waals surface area contributed by atoms with Crippen LogP contribution in [0.4, 0.5) is 0 Å². The van der Waals surface area contributed by atoms with Gasteiger partial charge in [0.05, 0.1) is 14.2 Å². The zero-order chi connectivity index (χ0) is 18.9. The number of methoxy groups -OCH3 is 2. The molecular formula is C20H24ClNO4. The molecule has 0 aromatic heterocycles. The van der Waals surface area contributed by atoms with Crippen LogP contribution in [0.2, 0.25) is 5.02 Å². The number of aryl methyl sites for hydroxylation is 1. The van der Waals surface area contributed by atoms with Crippen molar-refractivity contribution in [3.05, 3.63) is 52.5 Å². The van der Waals surface area contributed by atoms with Crippen molar-refractivity contribution in [2.75, 3.05) is 27.4 Å². The molecule has 0 unspecified atom stereocenters. The van der Waals surface area contributed by atoms with E-state index in [1.807, 2.05) is 31.2 Å². The molecule has 2 rings (SSSR count). The molecule has 0 saturated heterocycles. The molecule has 5 nitrogen and oxygen atoms in total. The van der Waals surface area contributed by atoms with Crippen molar-refractivity contribution in [3.8, 4) is 17.2 Å². The topological polar surface area (TPSA) is 56.8 Å². The van der Waals surface area contributed by atoms with Crippen molar-refractivity contribution >= 4 is 17.5 Å². The molecule has 0 bridgehead atoms. The number of carbonyl (C=O) groups excluding carboxylic acids is 1. The number of benzene rings is 2. The molecule has 1 N–H and O–H groups in total. The van der Waals surface area contributed by atoms with Crippen LogP contribution in [0.3, 0.4) is 0 Å². The van der Waals surface area contributed by atoms with Gasteiger partial charge in [0.15, 0.2) is 18.1 Å². The van der Waals surface area contributed by atoms with E-state index in [0.29, 0.717) is 35.2 Å². The Kier molecular flexibility index (Phi) is 7.60. The van der Waals surface area contributed by atoms with E-state index >= 15 is 0 Å². The Morgan fingerprint density at radius 1 is 1.08 bits per heavy atom. The average molecular weight is 378 g/mol. The van der Waals surface area contributed by atoms with Crippen molar-refractivity contribution in [2.24, 2.45) is 0 Å². The molecule has 0 aliphatic carbocycles. The number of nitrogens with one attached hydrogen (secondary N) is 1. The van der Waals surface area contributed by atoms with E-state index in [2.05, 4.69) is 5.32 Å². The Morgan fingerprint density at radius 3 is 2.54 bits per heavy atom. The van der Waals surface area contributed by atoms with Crippen LogP contribution in [-0.4, -0.2) is 33.3 Å². The lowest BCUT2D eigenvalue weighted by Gasteiger charge is -2.11. The van der Waals surface area contributed by atoms with Crippen molar-refractivity contribution in [1.29, 1.82) is 0 Å². The highest BCUT2D eigenvalue weighted by Crippen LogP contribution is 2.27. The van der Waals surface area contributed by atoms with Gasteiger partial charge in [0.2, 0.25) is 0 Å². The summed E-state index contributed by atoms with van der Waals surface area (Å²) in [7, 11) is 3.20. The molecule has 140 valence electrons. The normalized spacial score (nSPS) is 10.3. The number of amides is 1. The first-order valence-corrected chi connectivity index (χ1v) is 8.84. The molecule has 0 aliphatic rings. The zero-order valence-electron chi connectivity index (χ0n) is 15.3. The van der Waals surface area contributed by atoms with Gasteiger partial charge in [-0.05, 0) is 54.3 Å². The molecule has 1 amide bonds. The van der Waals surface area contributed by atoms with Gasteiger partial charge in [-0.1, -0.05) is 24.6 Å². The van der Waals surface area contributed by atoms with Crippen molar-refractivity contribution in [1.82, 2.24) is 5.32 Å². The Bertz CT molecular complexity index is 749. The zero-order valence-corrected chi connectivity index (χ0v) is 16.1. The first-order chi connectivity index (χ1) is 12.6. The third-order valence-electron chi connectivity index (χ3n) is 3.95. The molecular weight excluding hydrogens is 354 g/mol. The monoisotopic (exact) mass is 377 g/mol. The van der Waals surface area contributed by atoms with E-state index in [4.69, 9.17) is 25.8 Å². The quantitative estimate of drug-likeness (QED) is 0.724. The van der Waals surface area contributed by atoms with Crippen molar-refractivity contribution < 1.29 is 19.0 Å². The number of rotatable bonds is 9. The highest BCUT2D eigenvalue weighted by Gasteiger charge is 2.07. The van der Waals surface area contributed by atoms with Crippen LogP contribution in [0.15, 0.2) is 36.4 Å². The molecule has 2 aromatic carbocycles. The summed E-state index contributed by atoms with van der Waals surface area (Å²) in [5.41, 5.74) is 2.05. The molecule has 0 fully saturated rings. The summed E-state index contributed by atoms with van der Waals surface area (Å²) >= 11 is 6.07. The predicted octanol–water partition coefficient (Wildman–Crippen LogP) is 3.66. The highest BCUT2D eigenvalue weighted by molar-refractivity contribution is 6.31. The van der Waals surface area contributed by atoms with Gasteiger partial charge >= 0.3 is 0 Å². The van der Waals surface area contributed by atoms with E-state index in [-0.39, 0.29) is 12.5 Å². The van der Waals surface area contributed by atoms with Crippen LogP contribution in [0.25, 0.3) is 0 Å². The van der Waals surface area contributed by atoms with E-state index in [1.54, 1.807) is 26.4 Å². The fourth-order valence-corrected chi connectivity index (χ4v) is 2.75. The number of halogens is 1. The lowest BCUT2D eigenvalue weighted by Crippen LogP contribution is -2.30. The van der Waals surface area contributed by atoms with Crippen LogP contribution in [0.1, 0.15) is 18.1 Å². The van der Waals surface area contributed by atoms with Crippen LogP contribution in [0, 0.1) is 0 Å². The lowest BCUT2D eigenvalue weighted by atomic mass is 10.1. The molecule has 26 heavy (non-hydrogen) atoms. The SMILES string of the molecule is CCc1cc(OCC(=O)NCCc2ccc(OC)c(OC)c2)ccc1Cl. The first-order valence-electron chi connectivity index (χ1n) is 8.46. The van der Waals surface area contributed by atoms with Gasteiger partial charge in [-0.15, -0.1) is 0 Å². The van der Waals surface area contributed by atoms with Crippen LogP contribution in [0.5, 0.6) is 17.2 Å². The third-order valence-corrected chi connectivity index (χ3v) is 4.32. The Labute approximate surface area is 159 Å². The Morgan fingerprint density at radius 2 is 1.85 bits per heavy atom. The summed E-state index contributed by atoms with van der Waals surface area (Å²) < 4.78 is 16.0. The maximum absolute atomic E-state index is 11.9. The molecule has 2 aromatic rings. The van der Waals surface area contributed by atoms with E-state index in [1.165, 1.54) is 0 Å². The van der Waals surface area contributed by atoms with E-state index < -0.39 is 0 Å². The summed E-state index contributed by atoms with van der Waals surface area (Å²) in [6.07, 6.45) is 1.50. The van der Waals surface area contributed by atoms with Crippen LogP contribution < -0.4 is 19.5 Å². The molecule has 0 aliphatic heterocycles. The van der Waals surface area contributed by atoms with Gasteiger partial charge in [0.1, 0.15) is 5.75 Å². The Balaban J connectivity index is 1.78. The lowest BCUT2D eigenvalue weighted by molar-refractivity contribution is -0.123. The standard InChI is InChI=1S/C20H24ClNO4/c1-4-15-12-16(6-7-17(15)21)26-13-20(23)22-10-9-14-5-8-18(24-2)19(11-14)25-3/h5-8,11-12H,4,9-10,13H2,1-3H3,(H,22,23). The minimum Gasteiger partial charge on any atom is -0.493 e. The van der Waals surface area contributed by atoms with Crippen LogP contribution >= 0.6 is 11.6 Å². The third kappa shape index (κ3) is 5.56. The minimum atomic E-state index is -0.168. The van der Waals surface area contributed by atoms with Crippen LogP contribution in [-0.2, 0) is 17.6 Å². The molecule has 0 spiro atoms. The fourth-order valence-electron chi connectivity index (χ4n) is 2.49. The largest absolute Gasteiger partial charge is 0.493 e. The number of carbonyl (C=O) groups is 1.